The molecule has 1 aliphatic rings. The van der Waals surface area contributed by atoms with Crippen LogP contribution in [0.3, 0.4) is 0 Å². The smallest absolute Gasteiger partial charge is 0.272 e. The number of aryl methyl sites for hydroxylation is 1. The van der Waals surface area contributed by atoms with E-state index in [0.717, 1.165) is 16.7 Å². The van der Waals surface area contributed by atoms with E-state index in [-0.39, 0.29) is 17.1 Å². The fourth-order valence-corrected chi connectivity index (χ4v) is 4.05. The molecule has 5 heteroatoms. The number of amides is 2. The van der Waals surface area contributed by atoms with Gasteiger partial charge in [0, 0.05) is 5.25 Å². The van der Waals surface area contributed by atoms with Crippen molar-refractivity contribution >= 4 is 34.8 Å². The van der Waals surface area contributed by atoms with E-state index in [1.807, 2.05) is 58.0 Å². The topological polar surface area (TPSA) is 46.6 Å². The van der Waals surface area contributed by atoms with Crippen LogP contribution in [-0.2, 0) is 9.59 Å². The molecule has 0 N–H and O–H groups in total. The Morgan fingerprint density at radius 3 is 2.22 bits per heavy atom. The van der Waals surface area contributed by atoms with Crippen LogP contribution in [0, 0.1) is 13.8 Å². The highest BCUT2D eigenvalue weighted by Gasteiger charge is 2.41. The number of rotatable bonds is 5. The fourth-order valence-electron chi connectivity index (χ4n) is 3.06. The third-order valence-corrected chi connectivity index (χ3v) is 5.68. The number of hydrogen-bond donors (Lipinski definition) is 0. The molecule has 2 amide bonds. The average molecular weight is 381 g/mol. The number of hydrogen-bond acceptors (Lipinski definition) is 4. The van der Waals surface area contributed by atoms with Gasteiger partial charge in [-0.15, -0.1) is 11.8 Å². The Balaban J connectivity index is 2.12. The van der Waals surface area contributed by atoms with E-state index in [9.17, 15) is 9.59 Å². The first-order valence-electron chi connectivity index (χ1n) is 8.85. The summed E-state index contributed by atoms with van der Waals surface area (Å²) in [6.45, 7) is 7.95. The highest BCUT2D eigenvalue weighted by molar-refractivity contribution is 8.04. The van der Waals surface area contributed by atoms with Gasteiger partial charge in [0.15, 0.2) is 0 Å². The molecule has 0 aliphatic carbocycles. The van der Waals surface area contributed by atoms with Crippen molar-refractivity contribution in [3.8, 4) is 5.75 Å². The lowest BCUT2D eigenvalue weighted by Gasteiger charge is -2.19. The number of anilines is 1. The zero-order valence-corrected chi connectivity index (χ0v) is 17.0. The van der Waals surface area contributed by atoms with Crippen LogP contribution in [0.2, 0.25) is 0 Å². The van der Waals surface area contributed by atoms with Crippen LogP contribution in [0.15, 0.2) is 47.4 Å². The summed E-state index contributed by atoms with van der Waals surface area (Å²) in [5.41, 5.74) is 3.82. The molecule has 0 saturated carbocycles. The summed E-state index contributed by atoms with van der Waals surface area (Å²) >= 11 is 1.43. The highest BCUT2D eigenvalue weighted by atomic mass is 32.2. The van der Waals surface area contributed by atoms with Crippen LogP contribution >= 0.6 is 11.8 Å². The molecule has 0 bridgehead atoms. The Kier molecular flexibility index (Phi) is 5.42. The number of carbonyl (C=O) groups is 2. The van der Waals surface area contributed by atoms with Gasteiger partial charge >= 0.3 is 0 Å². The molecule has 1 aliphatic heterocycles. The zero-order chi connectivity index (χ0) is 19.7. The Hall–Kier alpha value is -2.53. The third-order valence-electron chi connectivity index (χ3n) is 4.59. The molecule has 140 valence electrons. The molecule has 0 aromatic heterocycles. The van der Waals surface area contributed by atoms with Gasteiger partial charge in [-0.25, -0.2) is 4.90 Å². The maximum Gasteiger partial charge on any atom is 0.272 e. The molecule has 0 radical (unpaired) electrons. The summed E-state index contributed by atoms with van der Waals surface area (Å²) in [4.78, 5) is 28.4. The van der Waals surface area contributed by atoms with Gasteiger partial charge in [0.1, 0.15) is 5.75 Å². The Labute approximate surface area is 164 Å². The summed E-state index contributed by atoms with van der Waals surface area (Å²) in [5.74, 6) is 0.181. The van der Waals surface area contributed by atoms with Crippen LogP contribution in [0.25, 0.3) is 5.57 Å². The van der Waals surface area contributed by atoms with Crippen LogP contribution < -0.4 is 9.64 Å². The van der Waals surface area contributed by atoms with E-state index in [4.69, 9.17) is 4.74 Å². The van der Waals surface area contributed by atoms with Crippen molar-refractivity contribution in [2.75, 3.05) is 12.0 Å². The van der Waals surface area contributed by atoms with E-state index in [1.54, 1.807) is 19.2 Å². The van der Waals surface area contributed by atoms with E-state index < -0.39 is 0 Å². The van der Waals surface area contributed by atoms with Gasteiger partial charge in [-0.2, -0.15) is 0 Å². The van der Waals surface area contributed by atoms with Crippen LogP contribution in [0.5, 0.6) is 5.75 Å². The lowest BCUT2D eigenvalue weighted by molar-refractivity contribution is -0.119. The molecule has 2 aromatic carbocycles. The van der Waals surface area contributed by atoms with Gasteiger partial charge < -0.3 is 4.74 Å². The summed E-state index contributed by atoms with van der Waals surface area (Å²) in [7, 11) is 1.60. The molecular formula is C22H23NO3S. The zero-order valence-electron chi connectivity index (χ0n) is 16.2. The molecule has 4 nitrogen and oxygen atoms in total. The van der Waals surface area contributed by atoms with Crippen LogP contribution in [0.4, 0.5) is 5.69 Å². The van der Waals surface area contributed by atoms with Crippen molar-refractivity contribution in [3.05, 3.63) is 64.1 Å². The molecule has 27 heavy (non-hydrogen) atoms. The minimum Gasteiger partial charge on any atom is -0.497 e. The third kappa shape index (κ3) is 3.52. The Morgan fingerprint density at radius 1 is 0.963 bits per heavy atom. The SMILES string of the molecule is COc1ccc(C2=C(SC(C)C)C(=O)N(c3cccc(C)c3C)C2=O)cc1. The minimum atomic E-state index is -0.276. The van der Waals surface area contributed by atoms with Crippen molar-refractivity contribution in [2.45, 2.75) is 32.9 Å². The van der Waals surface area contributed by atoms with Gasteiger partial charge in [-0.3, -0.25) is 9.59 Å². The monoisotopic (exact) mass is 381 g/mol. The maximum atomic E-state index is 13.3. The number of ether oxygens (including phenoxy) is 1. The van der Waals surface area contributed by atoms with Crippen molar-refractivity contribution in [1.82, 2.24) is 0 Å². The molecule has 0 spiro atoms. The lowest BCUT2D eigenvalue weighted by Crippen LogP contribution is -2.32. The predicted octanol–water partition coefficient (Wildman–Crippen LogP) is 4.74. The summed E-state index contributed by atoms with van der Waals surface area (Å²) < 4.78 is 5.21. The van der Waals surface area contributed by atoms with E-state index in [0.29, 0.717) is 21.9 Å². The van der Waals surface area contributed by atoms with Gasteiger partial charge in [0.05, 0.1) is 23.3 Å². The molecule has 0 fully saturated rings. The van der Waals surface area contributed by atoms with Gasteiger partial charge in [-0.1, -0.05) is 38.1 Å². The molecule has 2 aromatic rings. The van der Waals surface area contributed by atoms with Gasteiger partial charge in [0.25, 0.3) is 11.8 Å². The summed E-state index contributed by atoms with van der Waals surface area (Å²) in [6.07, 6.45) is 0. The number of carbonyl (C=O) groups excluding carboxylic acids is 2. The summed E-state index contributed by atoms with van der Waals surface area (Å²) in [6, 6.07) is 12.9. The second-order valence-corrected chi connectivity index (χ2v) is 8.35. The predicted molar refractivity (Wildman–Crippen MR) is 111 cm³/mol. The first kappa shape index (κ1) is 19.2. The molecular weight excluding hydrogens is 358 g/mol. The van der Waals surface area contributed by atoms with Gasteiger partial charge in [0.2, 0.25) is 0 Å². The Morgan fingerprint density at radius 2 is 1.63 bits per heavy atom. The van der Waals surface area contributed by atoms with E-state index >= 15 is 0 Å². The summed E-state index contributed by atoms with van der Waals surface area (Å²) in [5, 5.41) is 0.184. The maximum absolute atomic E-state index is 13.3. The first-order chi connectivity index (χ1) is 12.8. The number of methoxy groups -OCH3 is 1. The molecule has 0 unspecified atom stereocenters. The quantitative estimate of drug-likeness (QED) is 0.702. The van der Waals surface area contributed by atoms with Crippen molar-refractivity contribution in [2.24, 2.45) is 0 Å². The van der Waals surface area contributed by atoms with Crippen LogP contribution in [0.1, 0.15) is 30.5 Å². The largest absolute Gasteiger partial charge is 0.497 e. The van der Waals surface area contributed by atoms with E-state index in [2.05, 4.69) is 0 Å². The second-order valence-electron chi connectivity index (χ2n) is 6.76. The average Bonchev–Trinajstić information content (AvgIpc) is 2.87. The number of nitrogens with zero attached hydrogens (tertiary/aromatic N) is 1. The van der Waals surface area contributed by atoms with Crippen LogP contribution in [-0.4, -0.2) is 24.2 Å². The fraction of sp³-hybridized carbons (Fsp3) is 0.273. The molecule has 0 saturated heterocycles. The van der Waals surface area contributed by atoms with Crippen molar-refractivity contribution in [3.63, 3.8) is 0 Å². The standard InChI is InChI=1S/C22H23NO3S/c1-13(2)27-20-19(16-9-11-17(26-5)12-10-16)21(24)23(22(20)25)18-8-6-7-14(3)15(18)4/h6-13H,1-5H3. The van der Waals surface area contributed by atoms with Crippen molar-refractivity contribution in [1.29, 1.82) is 0 Å². The first-order valence-corrected chi connectivity index (χ1v) is 9.73. The van der Waals surface area contributed by atoms with E-state index in [1.165, 1.54) is 16.7 Å². The number of imide groups is 1. The minimum absolute atomic E-state index is 0.184. The van der Waals surface area contributed by atoms with Crippen molar-refractivity contribution < 1.29 is 14.3 Å². The number of benzene rings is 2. The Bertz CT molecular complexity index is 929. The molecule has 1 heterocycles. The molecule has 0 atom stereocenters. The highest BCUT2D eigenvalue weighted by Crippen LogP contribution is 2.41. The molecule has 3 rings (SSSR count). The normalized spacial score (nSPS) is 14.5. The lowest BCUT2D eigenvalue weighted by atomic mass is 10.1. The van der Waals surface area contributed by atoms with Gasteiger partial charge in [-0.05, 0) is 48.7 Å². The second kappa shape index (κ2) is 7.61. The number of thioether (sulfide) groups is 1.